The van der Waals surface area contributed by atoms with E-state index in [2.05, 4.69) is 0 Å². The van der Waals surface area contributed by atoms with Crippen molar-refractivity contribution < 1.29 is 14.2 Å². The fourth-order valence-electron chi connectivity index (χ4n) is 2.06. The van der Waals surface area contributed by atoms with Gasteiger partial charge in [0.15, 0.2) is 0 Å². The molecule has 0 aliphatic carbocycles. The monoisotopic (exact) mass is 224 g/mol. The number of rotatable bonds is 3. The maximum absolute atomic E-state index is 12.7. The molecule has 1 N–H and O–H groups in total. The highest BCUT2D eigenvalue weighted by atomic mass is 19.1. The number of ether oxygens (including phenoxy) is 1. The molecular formula is C13H17FO2. The van der Waals surface area contributed by atoms with Crippen LogP contribution in [0, 0.1) is 5.82 Å². The van der Waals surface area contributed by atoms with Crippen molar-refractivity contribution in [2.75, 3.05) is 6.61 Å². The maximum Gasteiger partial charge on any atom is 0.123 e. The van der Waals surface area contributed by atoms with Gasteiger partial charge < -0.3 is 9.84 Å². The molecule has 1 saturated heterocycles. The van der Waals surface area contributed by atoms with E-state index in [-0.39, 0.29) is 11.9 Å². The molecule has 0 aromatic heterocycles. The summed E-state index contributed by atoms with van der Waals surface area (Å²) in [6, 6.07) is 6.26. The van der Waals surface area contributed by atoms with Gasteiger partial charge in [-0.3, -0.25) is 0 Å². The topological polar surface area (TPSA) is 29.5 Å². The normalized spacial score (nSPS) is 23.0. The van der Waals surface area contributed by atoms with Crippen LogP contribution in [0.4, 0.5) is 4.39 Å². The van der Waals surface area contributed by atoms with E-state index >= 15 is 0 Å². The lowest BCUT2D eigenvalue weighted by molar-refractivity contribution is -0.0611. The second-order valence-electron chi connectivity index (χ2n) is 4.30. The summed E-state index contributed by atoms with van der Waals surface area (Å²) in [7, 11) is 0. The molecule has 16 heavy (non-hydrogen) atoms. The molecule has 2 atom stereocenters. The van der Waals surface area contributed by atoms with Gasteiger partial charge in [0.1, 0.15) is 5.82 Å². The lowest BCUT2D eigenvalue weighted by atomic mass is 9.98. The van der Waals surface area contributed by atoms with Gasteiger partial charge in [0.05, 0.1) is 12.2 Å². The largest absolute Gasteiger partial charge is 0.390 e. The molecule has 0 saturated carbocycles. The lowest BCUT2D eigenvalue weighted by Crippen LogP contribution is -2.33. The number of aliphatic hydroxyl groups excluding tert-OH is 1. The first kappa shape index (κ1) is 11.6. The van der Waals surface area contributed by atoms with Crippen LogP contribution < -0.4 is 0 Å². The predicted octanol–water partition coefficient (Wildman–Crippen LogP) is 2.30. The van der Waals surface area contributed by atoms with E-state index in [1.807, 2.05) is 0 Å². The van der Waals surface area contributed by atoms with Gasteiger partial charge in [-0.25, -0.2) is 4.39 Å². The fraction of sp³-hybridized carbons (Fsp3) is 0.538. The van der Waals surface area contributed by atoms with Crippen LogP contribution in [0.25, 0.3) is 0 Å². The van der Waals surface area contributed by atoms with Crippen LogP contribution >= 0.6 is 0 Å². The lowest BCUT2D eigenvalue weighted by Gasteiger charge is -2.27. The number of hydrogen-bond acceptors (Lipinski definition) is 2. The van der Waals surface area contributed by atoms with Gasteiger partial charge in [-0.2, -0.15) is 0 Å². The number of hydrogen-bond donors (Lipinski definition) is 1. The maximum atomic E-state index is 12.7. The van der Waals surface area contributed by atoms with Crippen molar-refractivity contribution in [3.8, 4) is 0 Å². The van der Waals surface area contributed by atoms with Crippen molar-refractivity contribution in [1.82, 2.24) is 0 Å². The summed E-state index contributed by atoms with van der Waals surface area (Å²) >= 11 is 0. The fourth-order valence-corrected chi connectivity index (χ4v) is 2.06. The molecular weight excluding hydrogens is 207 g/mol. The van der Waals surface area contributed by atoms with Crippen LogP contribution in [0.15, 0.2) is 24.3 Å². The zero-order valence-electron chi connectivity index (χ0n) is 9.23. The minimum absolute atomic E-state index is 0.0567. The Bertz CT molecular complexity index is 317. The molecule has 1 aliphatic rings. The molecule has 88 valence electrons. The van der Waals surface area contributed by atoms with Crippen molar-refractivity contribution in [1.29, 1.82) is 0 Å². The molecule has 1 aliphatic heterocycles. The molecule has 2 unspecified atom stereocenters. The number of aliphatic hydroxyl groups is 1. The number of benzene rings is 1. The summed E-state index contributed by atoms with van der Waals surface area (Å²) in [4.78, 5) is 0. The molecule has 0 spiro atoms. The Kier molecular flexibility index (Phi) is 3.91. The third kappa shape index (κ3) is 3.03. The van der Waals surface area contributed by atoms with Crippen LogP contribution in [-0.2, 0) is 11.2 Å². The summed E-state index contributed by atoms with van der Waals surface area (Å²) in [5.74, 6) is -0.243. The molecule has 0 bridgehead atoms. The molecule has 1 aromatic carbocycles. The summed E-state index contributed by atoms with van der Waals surface area (Å²) < 4.78 is 18.2. The SMILES string of the molecule is OC(Cc1ccc(F)cc1)C1CCCCO1. The first-order valence-corrected chi connectivity index (χ1v) is 5.80. The Hall–Kier alpha value is -0.930. The Morgan fingerprint density at radius 2 is 2.06 bits per heavy atom. The highest BCUT2D eigenvalue weighted by molar-refractivity contribution is 5.17. The van der Waals surface area contributed by atoms with Crippen LogP contribution in [-0.4, -0.2) is 23.9 Å². The molecule has 0 radical (unpaired) electrons. The summed E-state index contributed by atoms with van der Waals surface area (Å²) in [5.41, 5.74) is 0.947. The number of halogens is 1. The first-order valence-electron chi connectivity index (χ1n) is 5.80. The van der Waals surface area contributed by atoms with Gasteiger partial charge in [-0.05, 0) is 37.0 Å². The van der Waals surface area contributed by atoms with Gasteiger partial charge in [0, 0.05) is 13.0 Å². The standard InChI is InChI=1S/C13H17FO2/c14-11-6-4-10(5-7-11)9-12(15)13-3-1-2-8-16-13/h4-7,12-13,15H,1-3,8-9H2. The van der Waals surface area contributed by atoms with Gasteiger partial charge in [0.25, 0.3) is 0 Å². The van der Waals surface area contributed by atoms with E-state index in [4.69, 9.17) is 4.74 Å². The highest BCUT2D eigenvalue weighted by Gasteiger charge is 2.22. The average Bonchev–Trinajstić information content (AvgIpc) is 2.33. The Balaban J connectivity index is 1.90. The second kappa shape index (κ2) is 5.41. The zero-order chi connectivity index (χ0) is 11.4. The summed E-state index contributed by atoms with van der Waals surface area (Å²) in [6.45, 7) is 0.741. The minimum Gasteiger partial charge on any atom is -0.390 e. The van der Waals surface area contributed by atoms with E-state index in [0.29, 0.717) is 6.42 Å². The van der Waals surface area contributed by atoms with Gasteiger partial charge in [-0.15, -0.1) is 0 Å². The van der Waals surface area contributed by atoms with Crippen molar-refractivity contribution >= 4 is 0 Å². The first-order chi connectivity index (χ1) is 7.75. The van der Waals surface area contributed by atoms with Crippen molar-refractivity contribution in [2.24, 2.45) is 0 Å². The quantitative estimate of drug-likeness (QED) is 0.853. The van der Waals surface area contributed by atoms with Crippen LogP contribution in [0.1, 0.15) is 24.8 Å². The van der Waals surface area contributed by atoms with E-state index in [1.165, 1.54) is 12.1 Å². The molecule has 2 nitrogen and oxygen atoms in total. The third-order valence-electron chi connectivity index (χ3n) is 3.00. The average molecular weight is 224 g/mol. The van der Waals surface area contributed by atoms with Gasteiger partial charge in [0.2, 0.25) is 0 Å². The predicted molar refractivity (Wildman–Crippen MR) is 59.7 cm³/mol. The highest BCUT2D eigenvalue weighted by Crippen LogP contribution is 2.18. The van der Waals surface area contributed by atoms with E-state index < -0.39 is 6.10 Å². The van der Waals surface area contributed by atoms with Gasteiger partial charge in [-0.1, -0.05) is 12.1 Å². The van der Waals surface area contributed by atoms with Crippen molar-refractivity contribution in [2.45, 2.75) is 37.9 Å². The van der Waals surface area contributed by atoms with Crippen molar-refractivity contribution in [3.63, 3.8) is 0 Å². The van der Waals surface area contributed by atoms with Crippen LogP contribution in [0.5, 0.6) is 0 Å². The molecule has 1 aromatic rings. The Morgan fingerprint density at radius 3 is 2.69 bits per heavy atom. The van der Waals surface area contributed by atoms with E-state index in [0.717, 1.165) is 31.4 Å². The third-order valence-corrected chi connectivity index (χ3v) is 3.00. The van der Waals surface area contributed by atoms with Crippen molar-refractivity contribution in [3.05, 3.63) is 35.6 Å². The molecule has 1 fully saturated rings. The second-order valence-corrected chi connectivity index (χ2v) is 4.30. The Morgan fingerprint density at radius 1 is 1.31 bits per heavy atom. The smallest absolute Gasteiger partial charge is 0.123 e. The van der Waals surface area contributed by atoms with Crippen LogP contribution in [0.3, 0.4) is 0 Å². The van der Waals surface area contributed by atoms with Crippen LogP contribution in [0.2, 0.25) is 0 Å². The zero-order valence-corrected chi connectivity index (χ0v) is 9.23. The van der Waals surface area contributed by atoms with E-state index in [9.17, 15) is 9.50 Å². The minimum atomic E-state index is -0.481. The molecule has 0 amide bonds. The summed E-state index contributed by atoms with van der Waals surface area (Å²) in [6.07, 6.45) is 3.11. The molecule has 3 heteroatoms. The molecule has 1 heterocycles. The van der Waals surface area contributed by atoms with E-state index in [1.54, 1.807) is 12.1 Å². The Labute approximate surface area is 95.1 Å². The van der Waals surface area contributed by atoms with Gasteiger partial charge >= 0.3 is 0 Å². The molecule has 2 rings (SSSR count). The summed E-state index contributed by atoms with van der Waals surface area (Å²) in [5, 5.41) is 9.98.